The molecular weight excluding hydrogens is 382 g/mol. The van der Waals surface area contributed by atoms with Gasteiger partial charge in [0.2, 0.25) is 0 Å². The summed E-state index contributed by atoms with van der Waals surface area (Å²) >= 11 is 0. The molecule has 146 valence electrons. The number of anilines is 1. The van der Waals surface area contributed by atoms with Crippen LogP contribution in [0.25, 0.3) is 5.69 Å². The predicted molar refractivity (Wildman–Crippen MR) is 103 cm³/mol. The third-order valence-corrected chi connectivity index (χ3v) is 5.22. The first-order chi connectivity index (χ1) is 13.5. The third kappa shape index (κ3) is 3.99. The number of sulfonamides is 1. The summed E-state index contributed by atoms with van der Waals surface area (Å²) in [6, 6.07) is 14.8. The highest BCUT2D eigenvalue weighted by atomic mass is 32.2. The first kappa shape index (κ1) is 19.4. The summed E-state index contributed by atoms with van der Waals surface area (Å²) in [4.78, 5) is 12.3. The molecule has 0 atom stereocenters. The highest BCUT2D eigenvalue weighted by Gasteiger charge is 2.25. The van der Waals surface area contributed by atoms with Crippen molar-refractivity contribution in [1.29, 1.82) is 0 Å². The number of aromatic nitrogens is 2. The van der Waals surface area contributed by atoms with Gasteiger partial charge in [0.05, 0.1) is 30.5 Å². The van der Waals surface area contributed by atoms with Crippen LogP contribution in [0.15, 0.2) is 65.7 Å². The minimum absolute atomic E-state index is 0.000433. The summed E-state index contributed by atoms with van der Waals surface area (Å²) < 4.78 is 39.6. The molecule has 0 aliphatic carbocycles. The molecule has 1 N–H and O–H groups in total. The van der Waals surface area contributed by atoms with Crippen molar-refractivity contribution >= 4 is 21.8 Å². The van der Waals surface area contributed by atoms with E-state index in [0.29, 0.717) is 11.4 Å². The molecule has 9 heteroatoms. The van der Waals surface area contributed by atoms with Crippen molar-refractivity contribution in [2.24, 2.45) is 0 Å². The fourth-order valence-corrected chi connectivity index (χ4v) is 3.57. The zero-order chi connectivity index (χ0) is 20.1. The molecule has 0 radical (unpaired) electrons. The van der Waals surface area contributed by atoms with E-state index >= 15 is 0 Å². The van der Waals surface area contributed by atoms with Crippen LogP contribution in [-0.4, -0.2) is 37.9 Å². The molecule has 0 aliphatic rings. The van der Waals surface area contributed by atoms with Crippen LogP contribution >= 0.6 is 0 Å². The summed E-state index contributed by atoms with van der Waals surface area (Å²) in [5.74, 6) is -0.141. The molecule has 28 heavy (non-hydrogen) atoms. The lowest BCUT2D eigenvalue weighted by Gasteiger charge is -2.13. The van der Waals surface area contributed by atoms with E-state index in [1.165, 1.54) is 42.3 Å². The van der Waals surface area contributed by atoms with Gasteiger partial charge >= 0.3 is 5.97 Å². The lowest BCUT2D eigenvalue weighted by atomic mass is 10.3. The number of hydrogen-bond acceptors (Lipinski definition) is 6. The van der Waals surface area contributed by atoms with E-state index in [9.17, 15) is 13.2 Å². The van der Waals surface area contributed by atoms with Crippen LogP contribution in [0.1, 0.15) is 17.3 Å². The Labute approximate surface area is 162 Å². The number of methoxy groups -OCH3 is 1. The highest BCUT2D eigenvalue weighted by molar-refractivity contribution is 7.92. The van der Waals surface area contributed by atoms with Crippen LogP contribution in [0.5, 0.6) is 5.75 Å². The van der Waals surface area contributed by atoms with E-state index < -0.39 is 16.0 Å². The zero-order valence-electron chi connectivity index (χ0n) is 15.3. The summed E-state index contributed by atoms with van der Waals surface area (Å²) in [5.41, 5.74) is 0.605. The first-order valence-electron chi connectivity index (χ1n) is 8.43. The molecule has 8 nitrogen and oxygen atoms in total. The molecule has 0 spiro atoms. The van der Waals surface area contributed by atoms with Crippen LogP contribution in [0.2, 0.25) is 0 Å². The first-order valence-corrected chi connectivity index (χ1v) is 9.92. The number of hydrogen-bond donors (Lipinski definition) is 1. The molecule has 0 saturated heterocycles. The number of carbonyl (C=O) groups excluding carboxylic acids is 1. The Bertz CT molecular complexity index is 1060. The Morgan fingerprint density at radius 1 is 1.11 bits per heavy atom. The van der Waals surface area contributed by atoms with E-state index in [1.54, 1.807) is 31.2 Å². The van der Waals surface area contributed by atoms with Gasteiger partial charge in [0, 0.05) is 0 Å². The highest BCUT2D eigenvalue weighted by Crippen LogP contribution is 2.25. The third-order valence-electron chi connectivity index (χ3n) is 3.87. The molecule has 0 saturated carbocycles. The Hall–Kier alpha value is -3.33. The van der Waals surface area contributed by atoms with E-state index in [1.807, 2.05) is 6.07 Å². The van der Waals surface area contributed by atoms with E-state index in [4.69, 9.17) is 9.47 Å². The molecule has 1 heterocycles. The predicted octanol–water partition coefficient (Wildman–Crippen LogP) is 2.86. The van der Waals surface area contributed by atoms with Gasteiger partial charge in [-0.05, 0) is 43.3 Å². The number of nitrogens with zero attached hydrogens (tertiary/aromatic N) is 2. The molecule has 0 amide bonds. The molecular formula is C19H19N3O5S. The largest absolute Gasteiger partial charge is 0.497 e. The second-order valence-corrected chi connectivity index (χ2v) is 7.34. The van der Waals surface area contributed by atoms with Gasteiger partial charge < -0.3 is 9.47 Å². The lowest BCUT2D eigenvalue weighted by molar-refractivity contribution is 0.0527. The molecule has 3 aromatic rings. The molecule has 0 fully saturated rings. The van der Waals surface area contributed by atoms with Crippen molar-refractivity contribution < 1.29 is 22.7 Å². The number of benzene rings is 2. The number of para-hydroxylation sites is 1. The van der Waals surface area contributed by atoms with Crippen molar-refractivity contribution in [3.63, 3.8) is 0 Å². The Balaban J connectivity index is 2.05. The number of nitrogens with one attached hydrogen (secondary N) is 1. The van der Waals surface area contributed by atoms with Crippen LogP contribution in [-0.2, 0) is 14.8 Å². The second-order valence-electron chi connectivity index (χ2n) is 5.66. The van der Waals surface area contributed by atoms with Gasteiger partial charge in [0.1, 0.15) is 11.3 Å². The minimum atomic E-state index is -3.98. The fraction of sp³-hybridized carbons (Fsp3) is 0.158. The van der Waals surface area contributed by atoms with Crippen LogP contribution in [0.4, 0.5) is 5.82 Å². The quantitative estimate of drug-likeness (QED) is 0.611. The standard InChI is InChI=1S/C19H19N3O5S/c1-3-27-19(23)17-13-20-22(14-7-5-4-6-8-14)18(17)21-28(24,25)16-11-9-15(26-2)10-12-16/h4-13,21H,3H2,1-2H3. The van der Waals surface area contributed by atoms with E-state index in [2.05, 4.69) is 9.82 Å². The summed E-state index contributed by atoms with van der Waals surface area (Å²) in [7, 11) is -2.49. The van der Waals surface area contributed by atoms with Gasteiger partial charge in [-0.3, -0.25) is 4.72 Å². The minimum Gasteiger partial charge on any atom is -0.497 e. The Morgan fingerprint density at radius 2 is 1.79 bits per heavy atom. The van der Waals surface area contributed by atoms with Gasteiger partial charge in [0.25, 0.3) is 10.0 Å². The summed E-state index contributed by atoms with van der Waals surface area (Å²) in [6.07, 6.45) is 1.27. The molecule has 2 aromatic carbocycles. The number of rotatable bonds is 7. The van der Waals surface area contributed by atoms with Crippen molar-refractivity contribution in [1.82, 2.24) is 9.78 Å². The van der Waals surface area contributed by atoms with Crippen LogP contribution in [0, 0.1) is 0 Å². The molecule has 0 aliphatic heterocycles. The van der Waals surface area contributed by atoms with Gasteiger partial charge in [-0.1, -0.05) is 18.2 Å². The second kappa shape index (κ2) is 8.13. The molecule has 3 rings (SSSR count). The average Bonchev–Trinajstić information content (AvgIpc) is 3.12. The SMILES string of the molecule is CCOC(=O)c1cnn(-c2ccccc2)c1NS(=O)(=O)c1ccc(OC)cc1. The maximum Gasteiger partial charge on any atom is 0.343 e. The van der Waals surface area contributed by atoms with E-state index in [0.717, 1.165) is 0 Å². The molecule has 0 bridgehead atoms. The topological polar surface area (TPSA) is 99.5 Å². The van der Waals surface area contributed by atoms with Crippen molar-refractivity contribution in [3.8, 4) is 11.4 Å². The van der Waals surface area contributed by atoms with Gasteiger partial charge in [-0.2, -0.15) is 5.10 Å². The van der Waals surface area contributed by atoms with Crippen molar-refractivity contribution in [2.75, 3.05) is 18.4 Å². The van der Waals surface area contributed by atoms with Crippen LogP contribution < -0.4 is 9.46 Å². The van der Waals surface area contributed by atoms with E-state index in [-0.39, 0.29) is 22.9 Å². The van der Waals surface area contributed by atoms with Crippen molar-refractivity contribution in [3.05, 3.63) is 66.4 Å². The maximum atomic E-state index is 12.9. The average molecular weight is 401 g/mol. The zero-order valence-corrected chi connectivity index (χ0v) is 16.1. The number of esters is 1. The Kier molecular flexibility index (Phi) is 5.65. The number of carbonyl (C=O) groups is 1. The van der Waals surface area contributed by atoms with Crippen LogP contribution in [0.3, 0.4) is 0 Å². The fourth-order valence-electron chi connectivity index (χ4n) is 2.51. The summed E-state index contributed by atoms with van der Waals surface area (Å²) in [6.45, 7) is 1.82. The van der Waals surface area contributed by atoms with Gasteiger partial charge in [0.15, 0.2) is 5.82 Å². The Morgan fingerprint density at radius 3 is 2.39 bits per heavy atom. The lowest BCUT2D eigenvalue weighted by Crippen LogP contribution is -2.18. The van der Waals surface area contributed by atoms with Crippen molar-refractivity contribution in [2.45, 2.75) is 11.8 Å². The number of ether oxygens (including phenoxy) is 2. The smallest absolute Gasteiger partial charge is 0.343 e. The summed E-state index contributed by atoms with van der Waals surface area (Å²) in [5, 5.41) is 4.16. The van der Waals surface area contributed by atoms with Gasteiger partial charge in [-0.15, -0.1) is 0 Å². The monoisotopic (exact) mass is 401 g/mol. The maximum absolute atomic E-state index is 12.9. The normalized spacial score (nSPS) is 11.1. The molecule has 1 aromatic heterocycles. The van der Waals surface area contributed by atoms with Gasteiger partial charge in [-0.25, -0.2) is 17.9 Å². The molecule has 0 unspecified atom stereocenters.